The molecule has 1 aromatic heterocycles. The number of amides is 2. The van der Waals surface area contributed by atoms with Crippen molar-refractivity contribution in [2.75, 3.05) is 5.32 Å². The fourth-order valence-electron chi connectivity index (χ4n) is 3.08. The number of para-hydroxylation sites is 1. The molecule has 0 saturated carbocycles. The summed E-state index contributed by atoms with van der Waals surface area (Å²) in [6.45, 7) is 0. The predicted molar refractivity (Wildman–Crippen MR) is 115 cm³/mol. The number of benzene rings is 3. The molecule has 0 radical (unpaired) electrons. The van der Waals surface area contributed by atoms with E-state index in [9.17, 15) is 9.59 Å². The maximum atomic E-state index is 13.1. The Balaban J connectivity index is 1.77. The van der Waals surface area contributed by atoms with E-state index in [1.807, 2.05) is 36.4 Å². The van der Waals surface area contributed by atoms with E-state index in [0.717, 1.165) is 10.9 Å². The van der Waals surface area contributed by atoms with E-state index < -0.39 is 5.91 Å². The SMILES string of the molecule is NC(=O)c1cccc(NC(=O)c2cc(-c3ccc(Cl)cc3)nc3ccccc23)c1. The minimum absolute atomic E-state index is 0.305. The third kappa shape index (κ3) is 3.95. The Morgan fingerprint density at radius 3 is 2.41 bits per heavy atom. The number of hydrogen-bond acceptors (Lipinski definition) is 3. The number of nitrogens with one attached hydrogen (secondary N) is 1. The van der Waals surface area contributed by atoms with Crippen LogP contribution in [0.5, 0.6) is 0 Å². The molecule has 5 nitrogen and oxygen atoms in total. The van der Waals surface area contributed by atoms with Gasteiger partial charge >= 0.3 is 0 Å². The van der Waals surface area contributed by atoms with Crippen LogP contribution in [0, 0.1) is 0 Å². The van der Waals surface area contributed by atoms with Crippen molar-refractivity contribution in [1.82, 2.24) is 4.98 Å². The molecule has 0 unspecified atom stereocenters. The first-order valence-corrected chi connectivity index (χ1v) is 9.26. The van der Waals surface area contributed by atoms with E-state index in [1.54, 1.807) is 42.5 Å². The number of aromatic nitrogens is 1. The first kappa shape index (κ1) is 18.7. The molecule has 0 spiro atoms. The predicted octanol–water partition coefficient (Wildman–Crippen LogP) is 4.91. The van der Waals surface area contributed by atoms with Crippen LogP contribution in [0.1, 0.15) is 20.7 Å². The van der Waals surface area contributed by atoms with Gasteiger partial charge in [-0.05, 0) is 42.5 Å². The molecule has 29 heavy (non-hydrogen) atoms. The maximum Gasteiger partial charge on any atom is 0.256 e. The van der Waals surface area contributed by atoms with Crippen LogP contribution in [-0.2, 0) is 0 Å². The number of hydrogen-bond donors (Lipinski definition) is 2. The third-order valence-electron chi connectivity index (χ3n) is 4.51. The number of carbonyl (C=O) groups is 2. The van der Waals surface area contributed by atoms with Crippen molar-refractivity contribution < 1.29 is 9.59 Å². The number of nitrogens with two attached hydrogens (primary N) is 1. The summed E-state index contributed by atoms with van der Waals surface area (Å²) in [5.74, 6) is -0.860. The van der Waals surface area contributed by atoms with Crippen LogP contribution in [0.2, 0.25) is 5.02 Å². The molecule has 6 heteroatoms. The molecule has 3 N–H and O–H groups in total. The number of nitrogens with zero attached hydrogens (tertiary/aromatic N) is 1. The average molecular weight is 402 g/mol. The van der Waals surface area contributed by atoms with Gasteiger partial charge in [-0.2, -0.15) is 0 Å². The van der Waals surface area contributed by atoms with Gasteiger partial charge in [-0.15, -0.1) is 0 Å². The maximum absolute atomic E-state index is 13.1. The van der Waals surface area contributed by atoms with Crippen LogP contribution in [0.25, 0.3) is 22.2 Å². The highest BCUT2D eigenvalue weighted by molar-refractivity contribution is 6.30. The number of carbonyl (C=O) groups excluding carboxylic acids is 2. The molecule has 0 aliphatic carbocycles. The summed E-state index contributed by atoms with van der Waals surface area (Å²) >= 11 is 5.98. The zero-order valence-corrected chi connectivity index (χ0v) is 16.0. The Bertz CT molecular complexity index is 1240. The van der Waals surface area contributed by atoms with Gasteiger partial charge in [0.25, 0.3) is 5.91 Å². The molecular formula is C23H16ClN3O2. The molecule has 1 heterocycles. The van der Waals surface area contributed by atoms with Gasteiger partial charge in [0.2, 0.25) is 5.91 Å². The zero-order valence-electron chi connectivity index (χ0n) is 15.2. The highest BCUT2D eigenvalue weighted by Crippen LogP contribution is 2.26. The van der Waals surface area contributed by atoms with Crippen LogP contribution in [0.4, 0.5) is 5.69 Å². The lowest BCUT2D eigenvalue weighted by Crippen LogP contribution is -2.15. The number of pyridine rings is 1. The highest BCUT2D eigenvalue weighted by atomic mass is 35.5. The standard InChI is InChI=1S/C23H16ClN3O2/c24-16-10-8-14(9-11-16)21-13-19(18-6-1-2-7-20(18)27-21)23(29)26-17-5-3-4-15(12-17)22(25)28/h1-13H,(H2,25,28)(H,26,29). The summed E-state index contributed by atoms with van der Waals surface area (Å²) in [5.41, 5.74) is 8.83. The van der Waals surface area contributed by atoms with Gasteiger partial charge in [0, 0.05) is 27.2 Å². The van der Waals surface area contributed by atoms with Gasteiger partial charge in [-0.1, -0.05) is 48.0 Å². The molecule has 0 bridgehead atoms. The molecule has 142 valence electrons. The smallest absolute Gasteiger partial charge is 0.256 e. The van der Waals surface area contributed by atoms with Crippen molar-refractivity contribution in [1.29, 1.82) is 0 Å². The molecule has 2 amide bonds. The van der Waals surface area contributed by atoms with E-state index in [2.05, 4.69) is 10.3 Å². The summed E-state index contributed by atoms with van der Waals surface area (Å²) in [6.07, 6.45) is 0. The summed E-state index contributed by atoms with van der Waals surface area (Å²) in [4.78, 5) is 29.2. The molecule has 0 saturated heterocycles. The molecule has 0 fully saturated rings. The second-order valence-corrected chi connectivity index (χ2v) is 6.91. The Morgan fingerprint density at radius 2 is 1.66 bits per heavy atom. The van der Waals surface area contributed by atoms with Gasteiger partial charge in [-0.25, -0.2) is 4.98 Å². The van der Waals surface area contributed by atoms with Gasteiger partial charge in [0.15, 0.2) is 0 Å². The van der Waals surface area contributed by atoms with Crippen LogP contribution < -0.4 is 11.1 Å². The molecule has 0 aliphatic heterocycles. The monoisotopic (exact) mass is 401 g/mol. The van der Waals surface area contributed by atoms with Crippen molar-refractivity contribution in [2.45, 2.75) is 0 Å². The van der Waals surface area contributed by atoms with E-state index in [0.29, 0.717) is 33.0 Å². The average Bonchev–Trinajstić information content (AvgIpc) is 2.73. The van der Waals surface area contributed by atoms with Crippen LogP contribution in [0.3, 0.4) is 0 Å². The van der Waals surface area contributed by atoms with Gasteiger partial charge in [0.1, 0.15) is 0 Å². The molecule has 0 atom stereocenters. The molecular weight excluding hydrogens is 386 g/mol. The summed E-state index contributed by atoms with van der Waals surface area (Å²) in [6, 6.07) is 23.0. The van der Waals surface area contributed by atoms with E-state index >= 15 is 0 Å². The number of rotatable bonds is 4. The minimum atomic E-state index is -0.555. The van der Waals surface area contributed by atoms with Crippen LogP contribution >= 0.6 is 11.6 Å². The van der Waals surface area contributed by atoms with Crippen molar-refractivity contribution in [2.24, 2.45) is 5.73 Å². The van der Waals surface area contributed by atoms with Gasteiger partial charge < -0.3 is 11.1 Å². The largest absolute Gasteiger partial charge is 0.366 e. The van der Waals surface area contributed by atoms with Crippen molar-refractivity contribution in [3.8, 4) is 11.3 Å². The quantitative estimate of drug-likeness (QED) is 0.509. The van der Waals surface area contributed by atoms with Crippen molar-refractivity contribution in [3.05, 3.63) is 95.0 Å². The highest BCUT2D eigenvalue weighted by Gasteiger charge is 2.15. The van der Waals surface area contributed by atoms with E-state index in [4.69, 9.17) is 17.3 Å². The van der Waals surface area contributed by atoms with E-state index in [1.165, 1.54) is 0 Å². The van der Waals surface area contributed by atoms with Crippen LogP contribution in [0.15, 0.2) is 78.9 Å². The third-order valence-corrected chi connectivity index (χ3v) is 4.76. The second-order valence-electron chi connectivity index (χ2n) is 6.48. The molecule has 4 aromatic rings. The minimum Gasteiger partial charge on any atom is -0.366 e. The Morgan fingerprint density at radius 1 is 0.897 bits per heavy atom. The second kappa shape index (κ2) is 7.73. The van der Waals surface area contributed by atoms with Gasteiger partial charge in [0.05, 0.1) is 16.8 Å². The van der Waals surface area contributed by atoms with Gasteiger partial charge in [-0.3, -0.25) is 9.59 Å². The number of primary amides is 1. The Labute approximate surface area is 172 Å². The Hall–Kier alpha value is -3.70. The molecule has 0 aliphatic rings. The van der Waals surface area contributed by atoms with Crippen molar-refractivity contribution >= 4 is 40.0 Å². The molecule has 4 rings (SSSR count). The lowest BCUT2D eigenvalue weighted by atomic mass is 10.0. The lowest BCUT2D eigenvalue weighted by Gasteiger charge is -2.11. The fraction of sp³-hybridized carbons (Fsp3) is 0. The first-order chi connectivity index (χ1) is 14.0. The first-order valence-electron chi connectivity index (χ1n) is 8.88. The Kier molecular flexibility index (Phi) is 4.97. The fourth-order valence-corrected chi connectivity index (χ4v) is 3.21. The molecule has 3 aromatic carbocycles. The number of anilines is 1. The topological polar surface area (TPSA) is 85.1 Å². The normalized spacial score (nSPS) is 10.7. The van der Waals surface area contributed by atoms with E-state index in [-0.39, 0.29) is 5.91 Å². The summed E-state index contributed by atoms with van der Waals surface area (Å²) in [5, 5.41) is 4.19. The lowest BCUT2D eigenvalue weighted by molar-refractivity contribution is 0.0996. The summed E-state index contributed by atoms with van der Waals surface area (Å²) < 4.78 is 0. The number of fused-ring (bicyclic) bond motifs is 1. The summed E-state index contributed by atoms with van der Waals surface area (Å²) in [7, 11) is 0. The number of halogens is 1. The van der Waals surface area contributed by atoms with Crippen molar-refractivity contribution in [3.63, 3.8) is 0 Å². The van der Waals surface area contributed by atoms with Crippen LogP contribution in [-0.4, -0.2) is 16.8 Å². The zero-order chi connectivity index (χ0) is 20.4.